The summed E-state index contributed by atoms with van der Waals surface area (Å²) in [4.78, 5) is 10.6. The molecule has 0 atom stereocenters. The standard InChI is InChI=1S/C19H18N2OS/c1-22-15-7-4-6-13-8-9-17-18(16(13)11-15)21-19(23-17)14-5-2-3-10-20-12-14/h3-6,10-12H,2,7-9H2,1H3. The zero-order valence-corrected chi connectivity index (χ0v) is 13.9. The van der Waals surface area contributed by atoms with Gasteiger partial charge in [0.2, 0.25) is 0 Å². The number of aryl methyl sites for hydroxylation is 1. The molecule has 4 heteroatoms. The van der Waals surface area contributed by atoms with Gasteiger partial charge in [0.05, 0.1) is 18.6 Å². The largest absolute Gasteiger partial charge is 0.501 e. The van der Waals surface area contributed by atoms with Crippen molar-refractivity contribution in [1.29, 1.82) is 0 Å². The molecule has 2 aliphatic carbocycles. The lowest BCUT2D eigenvalue weighted by Crippen LogP contribution is -2.01. The van der Waals surface area contributed by atoms with E-state index >= 15 is 0 Å². The van der Waals surface area contributed by atoms with Crippen LogP contribution in [0.1, 0.15) is 34.8 Å². The van der Waals surface area contributed by atoms with E-state index < -0.39 is 0 Å². The topological polar surface area (TPSA) is 34.5 Å². The molecule has 0 N–H and O–H groups in total. The van der Waals surface area contributed by atoms with E-state index in [4.69, 9.17) is 9.72 Å². The Balaban J connectivity index is 1.78. The van der Waals surface area contributed by atoms with Gasteiger partial charge in [-0.2, -0.15) is 0 Å². The van der Waals surface area contributed by atoms with Crippen LogP contribution in [0.3, 0.4) is 0 Å². The lowest BCUT2D eigenvalue weighted by molar-refractivity contribution is 0.285. The zero-order chi connectivity index (χ0) is 15.6. The molecule has 0 fully saturated rings. The van der Waals surface area contributed by atoms with E-state index in [0.29, 0.717) is 0 Å². The first kappa shape index (κ1) is 14.4. The maximum Gasteiger partial charge on any atom is 0.125 e. The predicted molar refractivity (Wildman–Crippen MR) is 96.4 cm³/mol. The molecule has 3 aliphatic rings. The monoisotopic (exact) mass is 322 g/mol. The second-order valence-corrected chi connectivity index (χ2v) is 6.79. The Labute approximate surface area is 140 Å². The van der Waals surface area contributed by atoms with E-state index in [1.54, 1.807) is 18.4 Å². The van der Waals surface area contributed by atoms with Crippen molar-refractivity contribution >= 4 is 28.7 Å². The number of aromatic nitrogens is 1. The molecule has 23 heavy (non-hydrogen) atoms. The molecule has 0 aromatic carbocycles. The van der Waals surface area contributed by atoms with E-state index in [0.717, 1.165) is 47.7 Å². The fraction of sp³-hybridized carbons (Fsp3) is 0.263. The van der Waals surface area contributed by atoms with Crippen LogP contribution in [0.4, 0.5) is 0 Å². The van der Waals surface area contributed by atoms with E-state index in [9.17, 15) is 0 Å². The molecular weight excluding hydrogens is 304 g/mol. The van der Waals surface area contributed by atoms with Gasteiger partial charge in [0, 0.05) is 34.9 Å². The molecule has 0 bridgehead atoms. The lowest BCUT2D eigenvalue weighted by atomic mass is 9.93. The van der Waals surface area contributed by atoms with E-state index in [-0.39, 0.29) is 0 Å². The van der Waals surface area contributed by atoms with Crippen LogP contribution in [-0.4, -0.2) is 18.3 Å². The Morgan fingerprint density at radius 2 is 2.17 bits per heavy atom. The molecule has 1 aliphatic heterocycles. The Hall–Kier alpha value is -2.20. The van der Waals surface area contributed by atoms with Gasteiger partial charge >= 0.3 is 0 Å². The highest BCUT2D eigenvalue weighted by molar-refractivity contribution is 7.13. The third-order valence-corrected chi connectivity index (χ3v) is 5.42. The normalized spacial score (nSPS) is 19.5. The number of ether oxygens (including phenoxy) is 1. The first-order valence-electron chi connectivity index (χ1n) is 7.88. The quantitative estimate of drug-likeness (QED) is 0.790. The maximum atomic E-state index is 5.49. The van der Waals surface area contributed by atoms with Crippen molar-refractivity contribution in [3.05, 3.63) is 63.5 Å². The average Bonchev–Trinajstić information content (AvgIpc) is 2.76. The highest BCUT2D eigenvalue weighted by Gasteiger charge is 2.23. The van der Waals surface area contributed by atoms with Crippen molar-refractivity contribution in [3.8, 4) is 0 Å². The van der Waals surface area contributed by atoms with Gasteiger partial charge in [-0.05, 0) is 30.9 Å². The fourth-order valence-corrected chi connectivity index (χ4v) is 4.12. The van der Waals surface area contributed by atoms with Crippen molar-refractivity contribution in [2.75, 3.05) is 7.11 Å². The zero-order valence-electron chi connectivity index (χ0n) is 13.1. The minimum Gasteiger partial charge on any atom is -0.501 e. The van der Waals surface area contributed by atoms with E-state index in [1.807, 2.05) is 12.4 Å². The maximum absolute atomic E-state index is 5.49. The average molecular weight is 322 g/mol. The summed E-state index contributed by atoms with van der Waals surface area (Å²) in [6.07, 6.45) is 18.5. The molecule has 1 aromatic heterocycles. The molecule has 3 nitrogen and oxygen atoms in total. The molecule has 2 heterocycles. The number of rotatable bonds is 2. The van der Waals surface area contributed by atoms with Gasteiger partial charge in [0.15, 0.2) is 0 Å². The summed E-state index contributed by atoms with van der Waals surface area (Å²) in [5, 5.41) is 1.07. The Bertz CT molecular complexity index is 818. The minimum atomic E-state index is 0.847. The molecule has 1 aromatic rings. The van der Waals surface area contributed by atoms with Crippen molar-refractivity contribution in [3.63, 3.8) is 0 Å². The molecular formula is C19H18N2OS. The Morgan fingerprint density at radius 3 is 3.09 bits per heavy atom. The first-order valence-corrected chi connectivity index (χ1v) is 8.70. The van der Waals surface area contributed by atoms with Crippen LogP contribution in [0.5, 0.6) is 0 Å². The summed E-state index contributed by atoms with van der Waals surface area (Å²) in [5.41, 5.74) is 4.84. The number of nitrogens with zero attached hydrogens (tertiary/aromatic N) is 2. The number of aliphatic imine (C=N–C) groups is 1. The van der Waals surface area contributed by atoms with Gasteiger partial charge in [-0.3, -0.25) is 4.99 Å². The molecule has 4 rings (SSSR count). The van der Waals surface area contributed by atoms with Crippen LogP contribution < -0.4 is 0 Å². The molecule has 116 valence electrons. The van der Waals surface area contributed by atoms with Crippen molar-refractivity contribution in [2.24, 2.45) is 4.99 Å². The van der Waals surface area contributed by atoms with Gasteiger partial charge in [0.25, 0.3) is 0 Å². The smallest absolute Gasteiger partial charge is 0.125 e. The SMILES string of the molecule is COC1=CC2=C(C=CC1)CCc1sc(C3=CCC=CN=C3)nc12. The third-order valence-electron chi connectivity index (χ3n) is 4.25. The van der Waals surface area contributed by atoms with Gasteiger partial charge in [-0.25, -0.2) is 4.98 Å². The summed E-state index contributed by atoms with van der Waals surface area (Å²) >= 11 is 1.80. The minimum absolute atomic E-state index is 0.847. The fourth-order valence-electron chi connectivity index (χ4n) is 3.04. The number of hydrogen-bond donors (Lipinski definition) is 0. The predicted octanol–water partition coefficient (Wildman–Crippen LogP) is 4.70. The van der Waals surface area contributed by atoms with Gasteiger partial charge < -0.3 is 4.74 Å². The summed E-state index contributed by atoms with van der Waals surface area (Å²) in [6.45, 7) is 0. The highest BCUT2D eigenvalue weighted by atomic mass is 32.1. The summed E-state index contributed by atoms with van der Waals surface area (Å²) in [5.74, 6) is 0.994. The number of hydrogen-bond acceptors (Lipinski definition) is 4. The van der Waals surface area contributed by atoms with Gasteiger partial charge in [-0.15, -0.1) is 11.3 Å². The number of allylic oxidation sites excluding steroid dienone is 8. The summed E-state index contributed by atoms with van der Waals surface area (Å²) < 4.78 is 5.49. The number of methoxy groups -OCH3 is 1. The van der Waals surface area contributed by atoms with Crippen LogP contribution in [0.2, 0.25) is 0 Å². The first-order chi connectivity index (χ1) is 11.3. The van der Waals surface area contributed by atoms with Crippen LogP contribution in [0.15, 0.2) is 52.9 Å². The van der Waals surface area contributed by atoms with Crippen LogP contribution in [-0.2, 0) is 11.2 Å². The molecule has 0 amide bonds. The summed E-state index contributed by atoms with van der Waals surface area (Å²) in [7, 11) is 1.74. The molecule has 0 unspecified atom stereocenters. The van der Waals surface area contributed by atoms with Crippen LogP contribution >= 0.6 is 11.3 Å². The lowest BCUT2D eigenvalue weighted by Gasteiger charge is -2.14. The van der Waals surface area contributed by atoms with E-state index in [2.05, 4.69) is 35.4 Å². The number of fused-ring (bicyclic) bond motifs is 2. The van der Waals surface area contributed by atoms with Crippen molar-refractivity contribution in [2.45, 2.75) is 25.7 Å². The molecule has 0 saturated carbocycles. The van der Waals surface area contributed by atoms with Gasteiger partial charge in [-0.1, -0.05) is 24.3 Å². The van der Waals surface area contributed by atoms with E-state index in [1.165, 1.54) is 16.0 Å². The van der Waals surface area contributed by atoms with Crippen LogP contribution in [0, 0.1) is 0 Å². The molecule has 0 saturated heterocycles. The highest BCUT2D eigenvalue weighted by Crippen LogP contribution is 2.39. The van der Waals surface area contributed by atoms with Crippen molar-refractivity contribution < 1.29 is 4.74 Å². The second-order valence-electron chi connectivity index (χ2n) is 5.71. The Morgan fingerprint density at radius 1 is 1.22 bits per heavy atom. The number of thiazole rings is 1. The molecule has 0 spiro atoms. The third kappa shape index (κ3) is 2.75. The Kier molecular flexibility index (Phi) is 3.83. The van der Waals surface area contributed by atoms with Crippen LogP contribution in [0.25, 0.3) is 11.1 Å². The second kappa shape index (κ2) is 6.13. The van der Waals surface area contributed by atoms with Crippen molar-refractivity contribution in [1.82, 2.24) is 4.98 Å². The molecule has 0 radical (unpaired) electrons. The van der Waals surface area contributed by atoms with Gasteiger partial charge in [0.1, 0.15) is 5.01 Å². The summed E-state index contributed by atoms with van der Waals surface area (Å²) in [6, 6.07) is 0.